The molecule has 3 fully saturated rings. The highest BCUT2D eigenvalue weighted by molar-refractivity contribution is 5.95. The van der Waals surface area contributed by atoms with Gasteiger partial charge in [0.15, 0.2) is 17.3 Å². The van der Waals surface area contributed by atoms with Crippen molar-refractivity contribution in [3.63, 3.8) is 0 Å². The number of benzene rings is 1. The smallest absolute Gasteiger partial charge is 0.337 e. The fourth-order valence-corrected chi connectivity index (χ4v) is 8.79. The van der Waals surface area contributed by atoms with Crippen molar-refractivity contribution in [2.75, 3.05) is 13.7 Å². The highest BCUT2D eigenvalue weighted by Gasteiger charge is 2.61. The molecule has 54 heavy (non-hydrogen) atoms. The SMILES string of the molecule is CC[C@H](C)[C@H]1O[C@]2(CC[C@@H]1C)C[C@@H]1C[C@@H](C/C=C(\C)[C@H](NC(=O)c3ccc(OC)c(O)c3)[C@@H](C)/C=C/C=C3\CO[C@@H]4[C@H](O)[C@](C)(O)C=C(C(=O)O1)[C@]34O)O2. The first kappa shape index (κ1) is 40.2. The van der Waals surface area contributed by atoms with Crippen molar-refractivity contribution >= 4 is 11.9 Å². The molecule has 12 atom stereocenters. The molecule has 0 unspecified atom stereocenters. The first-order valence-corrected chi connectivity index (χ1v) is 19.3. The van der Waals surface area contributed by atoms with E-state index in [2.05, 4.69) is 26.1 Å². The van der Waals surface area contributed by atoms with Gasteiger partial charge >= 0.3 is 5.97 Å². The molecule has 1 aromatic rings. The number of fused-ring (bicyclic) bond motifs is 2. The highest BCUT2D eigenvalue weighted by Crippen LogP contribution is 2.48. The van der Waals surface area contributed by atoms with Gasteiger partial charge in [0, 0.05) is 24.8 Å². The number of nitrogens with one attached hydrogen (secondary N) is 1. The monoisotopic (exact) mass is 751 g/mol. The zero-order valence-electron chi connectivity index (χ0n) is 32.4. The molecule has 0 radical (unpaired) electrons. The fourth-order valence-electron chi connectivity index (χ4n) is 8.79. The van der Waals surface area contributed by atoms with Crippen LogP contribution in [0.3, 0.4) is 0 Å². The van der Waals surface area contributed by atoms with Gasteiger partial charge in [-0.15, -0.1) is 0 Å². The molecule has 12 nitrogen and oxygen atoms in total. The number of aromatic hydroxyl groups is 1. The number of allylic oxidation sites excluding steroid dienone is 2. The van der Waals surface area contributed by atoms with Crippen LogP contribution in [-0.2, 0) is 23.7 Å². The molecule has 0 saturated carbocycles. The Morgan fingerprint density at radius 3 is 2.63 bits per heavy atom. The van der Waals surface area contributed by atoms with Gasteiger partial charge in [0.2, 0.25) is 0 Å². The number of carbonyl (C=O) groups excluding carboxylic acids is 2. The van der Waals surface area contributed by atoms with E-state index < -0.39 is 59.3 Å². The minimum absolute atomic E-state index is 0.0546. The normalized spacial score (nSPS) is 41.6. The Morgan fingerprint density at radius 1 is 1.17 bits per heavy atom. The Morgan fingerprint density at radius 2 is 1.93 bits per heavy atom. The molecule has 3 saturated heterocycles. The van der Waals surface area contributed by atoms with E-state index in [1.54, 1.807) is 18.2 Å². The summed E-state index contributed by atoms with van der Waals surface area (Å²) in [4.78, 5) is 27.9. The quantitative estimate of drug-likeness (QED) is 0.207. The van der Waals surface area contributed by atoms with Crippen LogP contribution in [0.15, 0.2) is 65.3 Å². The number of phenolic OH excluding ortho intramolecular Hbond substituents is 1. The van der Waals surface area contributed by atoms with Crippen molar-refractivity contribution in [1.29, 1.82) is 0 Å². The molecule has 1 aliphatic carbocycles. The molecule has 12 heteroatoms. The maximum Gasteiger partial charge on any atom is 0.337 e. The lowest BCUT2D eigenvalue weighted by Gasteiger charge is -2.51. The van der Waals surface area contributed by atoms with E-state index in [0.717, 1.165) is 18.4 Å². The largest absolute Gasteiger partial charge is 0.504 e. The number of esters is 1. The summed E-state index contributed by atoms with van der Waals surface area (Å²) in [6.45, 7) is 11.7. The molecule has 5 aliphatic rings. The van der Waals surface area contributed by atoms with Gasteiger partial charge < -0.3 is 49.4 Å². The van der Waals surface area contributed by atoms with Crippen molar-refractivity contribution in [2.45, 2.75) is 134 Å². The van der Waals surface area contributed by atoms with Gasteiger partial charge in [-0.3, -0.25) is 4.79 Å². The Bertz CT molecular complexity index is 1710. The van der Waals surface area contributed by atoms with Crippen LogP contribution >= 0.6 is 0 Å². The van der Waals surface area contributed by atoms with Gasteiger partial charge in [0.25, 0.3) is 5.91 Å². The summed E-state index contributed by atoms with van der Waals surface area (Å²) in [6, 6.07) is 3.99. The predicted molar refractivity (Wildman–Crippen MR) is 200 cm³/mol. The molecule has 6 rings (SSSR count). The maximum atomic E-state index is 14.2. The van der Waals surface area contributed by atoms with Crippen molar-refractivity contribution in [3.05, 3.63) is 70.9 Å². The zero-order chi connectivity index (χ0) is 39.2. The minimum Gasteiger partial charge on any atom is -0.504 e. The molecule has 1 aromatic carbocycles. The van der Waals surface area contributed by atoms with Crippen LogP contribution in [0.25, 0.3) is 0 Å². The van der Waals surface area contributed by atoms with E-state index in [9.17, 15) is 30.0 Å². The number of hydrogen-bond donors (Lipinski definition) is 5. The summed E-state index contributed by atoms with van der Waals surface area (Å²) >= 11 is 0. The molecule has 1 spiro atoms. The number of aliphatic hydroxyl groups excluding tert-OH is 1. The molecule has 296 valence electrons. The molecular formula is C42H57NO11. The summed E-state index contributed by atoms with van der Waals surface area (Å²) < 4.78 is 31.0. The Hall–Kier alpha value is -3.52. The number of ether oxygens (including phenoxy) is 5. The fraction of sp³-hybridized carbons (Fsp3) is 0.619. The summed E-state index contributed by atoms with van der Waals surface area (Å²) in [5.41, 5.74) is -2.72. The lowest BCUT2D eigenvalue weighted by atomic mass is 9.71. The van der Waals surface area contributed by atoms with Crippen LogP contribution in [0, 0.1) is 17.8 Å². The van der Waals surface area contributed by atoms with Gasteiger partial charge in [0.1, 0.15) is 29.5 Å². The third-order valence-electron chi connectivity index (χ3n) is 12.2. The molecule has 4 heterocycles. The average molecular weight is 752 g/mol. The number of carbonyl (C=O) groups is 2. The lowest BCUT2D eigenvalue weighted by Crippen LogP contribution is -2.61. The van der Waals surface area contributed by atoms with E-state index in [0.29, 0.717) is 30.8 Å². The van der Waals surface area contributed by atoms with E-state index in [-0.39, 0.29) is 53.6 Å². The number of phenols is 1. The van der Waals surface area contributed by atoms with Crippen LogP contribution in [-0.4, -0.2) is 99.6 Å². The van der Waals surface area contributed by atoms with Gasteiger partial charge in [-0.1, -0.05) is 64.0 Å². The number of rotatable bonds is 5. The standard InChI is InChI=1S/C42H57NO11/c1-8-23(2)35-26(5)16-17-41(54-35)20-30-19-29(53-41)14-12-25(4)34(43-38(46)27-13-15-33(50-7)32(44)18-27)24(3)10-9-11-28-22-51-37-36(45)40(6,48)21-31(39(47)52-30)42(28,37)49/h9-13,15,18,21,23-24,26,29-30,34-37,44-45,48-49H,8,14,16-17,19-20,22H2,1-7H3,(H,43,46)/b10-9+,25-12+,28-11+/t23-,24-,26-,29+,30-,34+,35+,36-,37+,40+,41+,42+/m0/s1. The van der Waals surface area contributed by atoms with Crippen molar-refractivity contribution in [1.82, 2.24) is 5.32 Å². The first-order valence-electron chi connectivity index (χ1n) is 19.3. The van der Waals surface area contributed by atoms with E-state index in [1.165, 1.54) is 32.2 Å². The maximum absolute atomic E-state index is 14.2. The predicted octanol–water partition coefficient (Wildman–Crippen LogP) is 4.80. The van der Waals surface area contributed by atoms with Gasteiger partial charge in [-0.05, 0) is 74.3 Å². The number of amides is 1. The Labute approximate surface area is 317 Å². The summed E-state index contributed by atoms with van der Waals surface area (Å²) in [7, 11) is 1.44. The third-order valence-corrected chi connectivity index (χ3v) is 12.2. The number of hydrogen-bond acceptors (Lipinski definition) is 11. The first-order chi connectivity index (χ1) is 25.5. The van der Waals surface area contributed by atoms with Crippen molar-refractivity contribution in [3.8, 4) is 11.5 Å². The topological polar surface area (TPSA) is 173 Å². The van der Waals surface area contributed by atoms with E-state index >= 15 is 0 Å². The minimum atomic E-state index is -2.08. The van der Waals surface area contributed by atoms with Crippen LogP contribution < -0.4 is 10.1 Å². The van der Waals surface area contributed by atoms with E-state index in [1.807, 2.05) is 26.0 Å². The molecule has 0 aromatic heterocycles. The lowest BCUT2D eigenvalue weighted by molar-refractivity contribution is -0.340. The molecule has 2 bridgehead atoms. The molecular weight excluding hydrogens is 694 g/mol. The molecule has 1 amide bonds. The zero-order valence-corrected chi connectivity index (χ0v) is 32.4. The van der Waals surface area contributed by atoms with Crippen molar-refractivity contribution < 1.29 is 53.7 Å². The Kier molecular flexibility index (Phi) is 11.6. The number of aliphatic hydroxyl groups is 3. The molecule has 4 aliphatic heterocycles. The summed E-state index contributed by atoms with van der Waals surface area (Å²) in [6.07, 6.45) is 7.95. The van der Waals surface area contributed by atoms with Gasteiger partial charge in [-0.2, -0.15) is 0 Å². The summed E-state index contributed by atoms with van der Waals surface area (Å²) in [5.74, 6) is -1.79. The van der Waals surface area contributed by atoms with Gasteiger partial charge in [0.05, 0.1) is 37.5 Å². The second kappa shape index (κ2) is 15.5. The third kappa shape index (κ3) is 7.66. The number of methoxy groups -OCH3 is 1. The summed E-state index contributed by atoms with van der Waals surface area (Å²) in [5, 5.41) is 48.2. The second-order valence-electron chi connectivity index (χ2n) is 16.3. The average Bonchev–Trinajstić information content (AvgIpc) is 3.47. The van der Waals surface area contributed by atoms with Gasteiger partial charge in [-0.25, -0.2) is 4.79 Å². The van der Waals surface area contributed by atoms with Crippen LogP contribution in [0.2, 0.25) is 0 Å². The highest BCUT2D eigenvalue weighted by atomic mass is 16.7. The Balaban J connectivity index is 1.41. The van der Waals surface area contributed by atoms with E-state index in [4.69, 9.17) is 23.7 Å². The van der Waals surface area contributed by atoms with Crippen LogP contribution in [0.4, 0.5) is 0 Å². The van der Waals surface area contributed by atoms with Crippen LogP contribution in [0.5, 0.6) is 11.5 Å². The van der Waals surface area contributed by atoms with Crippen molar-refractivity contribution in [2.24, 2.45) is 17.8 Å². The molecule has 5 N–H and O–H groups in total. The second-order valence-corrected chi connectivity index (χ2v) is 16.3. The van der Waals surface area contributed by atoms with Crippen LogP contribution in [0.1, 0.15) is 90.4 Å².